The van der Waals surface area contributed by atoms with E-state index in [1.807, 2.05) is 30.3 Å². The van der Waals surface area contributed by atoms with Gasteiger partial charge in [-0.3, -0.25) is 19.6 Å². The van der Waals surface area contributed by atoms with Crippen molar-refractivity contribution in [3.05, 3.63) is 60.6 Å². The number of rotatable bonds is 4. The first-order valence-electron chi connectivity index (χ1n) is 9.01. The van der Waals surface area contributed by atoms with Crippen molar-refractivity contribution in [1.82, 2.24) is 20.2 Å². The number of benzene rings is 1. The van der Waals surface area contributed by atoms with E-state index < -0.39 is 6.04 Å². The highest BCUT2D eigenvalue weighted by Crippen LogP contribution is 2.25. The molecule has 0 bridgehead atoms. The maximum atomic E-state index is 12.8. The first kappa shape index (κ1) is 18.9. The number of aromatic nitrogens is 2. The Morgan fingerprint density at radius 2 is 2.14 bits per heavy atom. The number of amides is 2. The molecular weight excluding hydrogens is 386 g/mol. The van der Waals surface area contributed by atoms with Crippen LogP contribution < -0.4 is 5.32 Å². The van der Waals surface area contributed by atoms with Crippen molar-refractivity contribution in [1.29, 1.82) is 5.26 Å². The Balaban J connectivity index is 1.56. The van der Waals surface area contributed by atoms with Gasteiger partial charge in [0.05, 0.1) is 29.6 Å². The van der Waals surface area contributed by atoms with Gasteiger partial charge in [-0.15, -0.1) is 11.8 Å². The van der Waals surface area contributed by atoms with Crippen LogP contribution in [0.2, 0.25) is 0 Å². The fraction of sp³-hybridized carbons (Fsp3) is 0.190. The summed E-state index contributed by atoms with van der Waals surface area (Å²) < 4.78 is 0. The molecule has 1 unspecified atom stereocenters. The summed E-state index contributed by atoms with van der Waals surface area (Å²) in [5.74, 6) is 0.459. The van der Waals surface area contributed by atoms with Crippen LogP contribution in [-0.4, -0.2) is 50.9 Å². The zero-order chi connectivity index (χ0) is 20.2. The summed E-state index contributed by atoms with van der Waals surface area (Å²) in [5, 5.41) is 12.5. The van der Waals surface area contributed by atoms with Crippen molar-refractivity contribution in [2.75, 3.05) is 18.2 Å². The Labute approximate surface area is 171 Å². The molecule has 1 atom stereocenters. The van der Waals surface area contributed by atoms with Crippen LogP contribution in [-0.2, 0) is 4.79 Å². The van der Waals surface area contributed by atoms with Crippen molar-refractivity contribution >= 4 is 34.5 Å². The number of nitrogens with zero attached hydrogens (tertiary/aromatic N) is 4. The number of fused-ring (bicyclic) bond motifs is 1. The molecule has 1 N–H and O–H groups in total. The molecule has 2 aromatic heterocycles. The molecule has 1 aromatic carbocycles. The third-order valence-corrected chi connectivity index (χ3v) is 5.75. The summed E-state index contributed by atoms with van der Waals surface area (Å²) in [6.07, 6.45) is 5.04. The second-order valence-corrected chi connectivity index (χ2v) is 7.52. The Morgan fingerprint density at radius 1 is 1.24 bits per heavy atom. The minimum atomic E-state index is -0.437. The van der Waals surface area contributed by atoms with Gasteiger partial charge in [0.2, 0.25) is 5.91 Å². The van der Waals surface area contributed by atoms with E-state index in [4.69, 9.17) is 5.26 Å². The monoisotopic (exact) mass is 403 g/mol. The van der Waals surface area contributed by atoms with Crippen LogP contribution in [0.5, 0.6) is 0 Å². The predicted octanol–water partition coefficient (Wildman–Crippen LogP) is 2.45. The zero-order valence-electron chi connectivity index (χ0n) is 15.4. The molecule has 3 heterocycles. The van der Waals surface area contributed by atoms with E-state index in [9.17, 15) is 9.59 Å². The van der Waals surface area contributed by atoms with Crippen molar-refractivity contribution in [3.63, 3.8) is 0 Å². The molecule has 0 spiro atoms. The highest BCUT2D eigenvalue weighted by atomic mass is 32.2. The van der Waals surface area contributed by atoms with Crippen LogP contribution in [0.4, 0.5) is 0 Å². The molecule has 8 heteroatoms. The van der Waals surface area contributed by atoms with E-state index in [-0.39, 0.29) is 18.4 Å². The minimum absolute atomic E-state index is 0.149. The smallest absolute Gasteiger partial charge is 0.252 e. The number of carbonyl (C=O) groups excluding carboxylic acids is 2. The molecule has 0 saturated carbocycles. The lowest BCUT2D eigenvalue weighted by atomic mass is 10.0. The number of carbonyl (C=O) groups is 2. The summed E-state index contributed by atoms with van der Waals surface area (Å²) in [4.78, 5) is 35.1. The standard InChI is InChI=1S/C21H17N5O2S/c22-9-16-12-29-13-26(16)20(27)11-25-21(28)17-5-7-24-19-4-3-14(8-18(17)19)15-2-1-6-23-10-15/h1-8,10,16H,11-13H2,(H,25,28). The summed E-state index contributed by atoms with van der Waals surface area (Å²) >= 11 is 1.53. The van der Waals surface area contributed by atoms with E-state index in [1.165, 1.54) is 16.7 Å². The summed E-state index contributed by atoms with van der Waals surface area (Å²) in [5.41, 5.74) is 3.00. The van der Waals surface area contributed by atoms with E-state index in [2.05, 4.69) is 21.4 Å². The molecule has 3 aromatic rings. The van der Waals surface area contributed by atoms with Crippen LogP contribution in [0.25, 0.3) is 22.0 Å². The van der Waals surface area contributed by atoms with Gasteiger partial charge in [-0.25, -0.2) is 0 Å². The minimum Gasteiger partial charge on any atom is -0.343 e. The molecule has 1 fully saturated rings. The first-order valence-corrected chi connectivity index (χ1v) is 10.2. The average Bonchev–Trinajstić information content (AvgIpc) is 3.26. The van der Waals surface area contributed by atoms with Gasteiger partial charge in [0, 0.05) is 35.3 Å². The Morgan fingerprint density at radius 3 is 2.93 bits per heavy atom. The van der Waals surface area contributed by atoms with E-state index >= 15 is 0 Å². The molecule has 0 aliphatic carbocycles. The van der Waals surface area contributed by atoms with Crippen LogP contribution in [0.15, 0.2) is 55.0 Å². The molecule has 7 nitrogen and oxygen atoms in total. The van der Waals surface area contributed by atoms with Crippen LogP contribution in [0.3, 0.4) is 0 Å². The lowest BCUT2D eigenvalue weighted by molar-refractivity contribution is -0.129. The van der Waals surface area contributed by atoms with Crippen molar-refractivity contribution in [2.24, 2.45) is 0 Å². The molecule has 144 valence electrons. The van der Waals surface area contributed by atoms with Gasteiger partial charge in [0.1, 0.15) is 6.04 Å². The lowest BCUT2D eigenvalue weighted by Crippen LogP contribution is -2.42. The Hall–Kier alpha value is -3.44. The van der Waals surface area contributed by atoms with Crippen LogP contribution in [0.1, 0.15) is 10.4 Å². The SMILES string of the molecule is N#CC1CSCN1C(=O)CNC(=O)c1ccnc2ccc(-c3cccnc3)cc12. The van der Waals surface area contributed by atoms with Gasteiger partial charge >= 0.3 is 0 Å². The number of thioether (sulfide) groups is 1. The number of pyridine rings is 2. The number of hydrogen-bond acceptors (Lipinski definition) is 6. The van der Waals surface area contributed by atoms with Crippen LogP contribution in [0, 0.1) is 11.3 Å². The van der Waals surface area contributed by atoms with Gasteiger partial charge < -0.3 is 10.2 Å². The molecule has 2 amide bonds. The molecule has 1 saturated heterocycles. The van der Waals surface area contributed by atoms with E-state index in [0.29, 0.717) is 28.1 Å². The summed E-state index contributed by atoms with van der Waals surface area (Å²) in [6.45, 7) is -0.149. The number of nitrogens with one attached hydrogen (secondary N) is 1. The quantitative estimate of drug-likeness (QED) is 0.718. The maximum absolute atomic E-state index is 12.8. The number of nitriles is 1. The summed E-state index contributed by atoms with van der Waals surface area (Å²) in [7, 11) is 0. The average molecular weight is 403 g/mol. The number of hydrogen-bond donors (Lipinski definition) is 1. The molecule has 4 rings (SSSR count). The second kappa shape index (κ2) is 8.29. The van der Waals surface area contributed by atoms with Gasteiger partial charge in [-0.2, -0.15) is 5.26 Å². The van der Waals surface area contributed by atoms with Crippen molar-refractivity contribution < 1.29 is 9.59 Å². The molecule has 1 aliphatic heterocycles. The Bertz CT molecular complexity index is 1110. The zero-order valence-corrected chi connectivity index (χ0v) is 16.2. The maximum Gasteiger partial charge on any atom is 0.252 e. The van der Waals surface area contributed by atoms with Gasteiger partial charge in [0.15, 0.2) is 0 Å². The molecule has 1 aliphatic rings. The van der Waals surface area contributed by atoms with Crippen molar-refractivity contribution in [2.45, 2.75) is 6.04 Å². The predicted molar refractivity (Wildman–Crippen MR) is 111 cm³/mol. The highest BCUT2D eigenvalue weighted by Gasteiger charge is 2.29. The third kappa shape index (κ3) is 3.91. The van der Waals surface area contributed by atoms with Gasteiger partial charge in [-0.05, 0) is 29.8 Å². The summed E-state index contributed by atoms with van der Waals surface area (Å²) in [6, 6.07) is 12.8. The third-order valence-electron chi connectivity index (χ3n) is 4.73. The van der Waals surface area contributed by atoms with E-state index in [1.54, 1.807) is 24.7 Å². The van der Waals surface area contributed by atoms with Gasteiger partial charge in [-0.1, -0.05) is 12.1 Å². The molecular formula is C21H17N5O2S. The lowest BCUT2D eigenvalue weighted by Gasteiger charge is -2.18. The van der Waals surface area contributed by atoms with Gasteiger partial charge in [0.25, 0.3) is 5.91 Å². The first-order chi connectivity index (χ1) is 14.2. The van der Waals surface area contributed by atoms with E-state index in [0.717, 1.165) is 11.1 Å². The largest absolute Gasteiger partial charge is 0.343 e. The van der Waals surface area contributed by atoms with Crippen molar-refractivity contribution in [3.8, 4) is 17.2 Å². The highest BCUT2D eigenvalue weighted by molar-refractivity contribution is 7.99. The topological polar surface area (TPSA) is 99.0 Å². The second-order valence-electron chi connectivity index (χ2n) is 6.52. The fourth-order valence-electron chi connectivity index (χ4n) is 3.21. The normalized spacial score (nSPS) is 15.8. The van der Waals surface area contributed by atoms with Crippen LogP contribution >= 0.6 is 11.8 Å². The molecule has 0 radical (unpaired) electrons. The fourth-order valence-corrected chi connectivity index (χ4v) is 4.31. The Kier molecular flexibility index (Phi) is 5.40. The molecule has 29 heavy (non-hydrogen) atoms.